The summed E-state index contributed by atoms with van der Waals surface area (Å²) in [6, 6.07) is 10.9. The highest BCUT2D eigenvalue weighted by Gasteiger charge is 2.34. The van der Waals surface area contributed by atoms with E-state index in [0.717, 1.165) is 5.56 Å². The first-order valence-electron chi connectivity index (χ1n) is 10.2. The van der Waals surface area contributed by atoms with Gasteiger partial charge in [-0.25, -0.2) is 0 Å². The third-order valence-corrected chi connectivity index (χ3v) is 6.18. The van der Waals surface area contributed by atoms with E-state index in [1.165, 1.54) is 36.9 Å². The summed E-state index contributed by atoms with van der Waals surface area (Å²) in [5, 5.41) is 17.8. The maximum atomic E-state index is 11.7. The molecule has 2 aromatic rings. The van der Waals surface area contributed by atoms with Crippen LogP contribution in [0.3, 0.4) is 0 Å². The van der Waals surface area contributed by atoms with E-state index >= 15 is 0 Å². The Labute approximate surface area is 161 Å². The SMILES string of the molecule is CCC(CC)(CNCc1cnn(C2CCCC2)c1-c1ccccc1)C(=O)O. The average Bonchev–Trinajstić information content (AvgIpc) is 3.35. The minimum atomic E-state index is -0.718. The van der Waals surface area contributed by atoms with Crippen LogP contribution in [-0.2, 0) is 11.3 Å². The van der Waals surface area contributed by atoms with Crippen LogP contribution >= 0.6 is 0 Å². The molecule has 146 valence electrons. The zero-order valence-electron chi connectivity index (χ0n) is 16.4. The summed E-state index contributed by atoms with van der Waals surface area (Å²) < 4.78 is 2.20. The van der Waals surface area contributed by atoms with Gasteiger partial charge in [0.1, 0.15) is 0 Å². The Morgan fingerprint density at radius 2 is 1.89 bits per heavy atom. The first kappa shape index (κ1) is 19.6. The number of aliphatic carboxylic acids is 1. The number of aromatic nitrogens is 2. The predicted octanol–water partition coefficient (Wildman–Crippen LogP) is 4.65. The Hall–Kier alpha value is -2.14. The number of carbonyl (C=O) groups is 1. The molecule has 0 radical (unpaired) electrons. The third kappa shape index (κ3) is 4.08. The predicted molar refractivity (Wildman–Crippen MR) is 108 cm³/mol. The Kier molecular flexibility index (Phi) is 6.32. The Morgan fingerprint density at radius 3 is 2.48 bits per heavy atom. The fourth-order valence-electron chi connectivity index (χ4n) is 4.18. The highest BCUT2D eigenvalue weighted by atomic mass is 16.4. The van der Waals surface area contributed by atoms with Gasteiger partial charge in [-0.3, -0.25) is 9.48 Å². The van der Waals surface area contributed by atoms with Crippen LogP contribution < -0.4 is 5.32 Å². The van der Waals surface area contributed by atoms with Gasteiger partial charge in [0.15, 0.2) is 0 Å². The molecule has 0 bridgehead atoms. The summed E-state index contributed by atoms with van der Waals surface area (Å²) >= 11 is 0. The molecular weight excluding hydrogens is 338 g/mol. The van der Waals surface area contributed by atoms with Crippen LogP contribution in [0.5, 0.6) is 0 Å². The lowest BCUT2D eigenvalue weighted by Crippen LogP contribution is -2.40. The molecule has 0 amide bonds. The number of carboxylic acids is 1. The van der Waals surface area contributed by atoms with Gasteiger partial charge in [-0.05, 0) is 25.7 Å². The zero-order chi connectivity index (χ0) is 19.3. The molecule has 2 N–H and O–H groups in total. The van der Waals surface area contributed by atoms with Crippen molar-refractivity contribution < 1.29 is 9.90 Å². The summed E-state index contributed by atoms with van der Waals surface area (Å²) in [5.74, 6) is -0.718. The summed E-state index contributed by atoms with van der Waals surface area (Å²) in [6.07, 6.45) is 8.09. The Bertz CT molecular complexity index is 744. The van der Waals surface area contributed by atoms with Crippen molar-refractivity contribution in [3.63, 3.8) is 0 Å². The van der Waals surface area contributed by atoms with E-state index in [0.29, 0.717) is 32.0 Å². The van der Waals surface area contributed by atoms with Crippen molar-refractivity contribution >= 4 is 5.97 Å². The molecule has 27 heavy (non-hydrogen) atoms. The summed E-state index contributed by atoms with van der Waals surface area (Å²) in [5.41, 5.74) is 2.78. The largest absolute Gasteiger partial charge is 0.481 e. The molecule has 1 aromatic heterocycles. The number of benzene rings is 1. The number of rotatable bonds is 9. The molecule has 0 spiro atoms. The smallest absolute Gasteiger partial charge is 0.310 e. The monoisotopic (exact) mass is 369 g/mol. The van der Waals surface area contributed by atoms with Crippen LogP contribution in [0.2, 0.25) is 0 Å². The number of carboxylic acid groups (broad SMARTS) is 1. The first-order chi connectivity index (χ1) is 13.1. The fraction of sp³-hybridized carbons (Fsp3) is 0.545. The second kappa shape index (κ2) is 8.70. The van der Waals surface area contributed by atoms with E-state index in [4.69, 9.17) is 5.10 Å². The van der Waals surface area contributed by atoms with E-state index < -0.39 is 11.4 Å². The van der Waals surface area contributed by atoms with Crippen LogP contribution in [0, 0.1) is 5.41 Å². The summed E-state index contributed by atoms with van der Waals surface area (Å²) in [7, 11) is 0. The van der Waals surface area contributed by atoms with Crippen molar-refractivity contribution in [3.05, 3.63) is 42.1 Å². The molecule has 0 aliphatic heterocycles. The van der Waals surface area contributed by atoms with Crippen LogP contribution in [0.15, 0.2) is 36.5 Å². The van der Waals surface area contributed by atoms with Gasteiger partial charge in [0.05, 0.1) is 23.3 Å². The van der Waals surface area contributed by atoms with Crippen molar-refractivity contribution in [1.82, 2.24) is 15.1 Å². The highest BCUT2D eigenvalue weighted by molar-refractivity contribution is 5.74. The Morgan fingerprint density at radius 1 is 1.22 bits per heavy atom. The molecule has 1 fully saturated rings. The average molecular weight is 370 g/mol. The van der Waals surface area contributed by atoms with E-state index in [1.54, 1.807) is 0 Å². The second-order valence-corrected chi connectivity index (χ2v) is 7.66. The maximum Gasteiger partial charge on any atom is 0.310 e. The third-order valence-electron chi connectivity index (χ3n) is 6.18. The van der Waals surface area contributed by atoms with Crippen LogP contribution in [-0.4, -0.2) is 27.4 Å². The van der Waals surface area contributed by atoms with Gasteiger partial charge in [-0.2, -0.15) is 5.10 Å². The number of nitrogens with one attached hydrogen (secondary N) is 1. The molecule has 5 nitrogen and oxygen atoms in total. The van der Waals surface area contributed by atoms with E-state index in [-0.39, 0.29) is 0 Å². The zero-order valence-corrected chi connectivity index (χ0v) is 16.4. The standard InChI is InChI=1S/C22H31N3O2/c1-3-22(4-2,21(26)27)16-23-14-18-15-24-25(19-12-8-9-13-19)20(18)17-10-6-5-7-11-17/h5-7,10-11,15,19,23H,3-4,8-9,12-14,16H2,1-2H3,(H,26,27). The number of hydrogen-bond donors (Lipinski definition) is 2. The molecular formula is C22H31N3O2. The highest BCUT2D eigenvalue weighted by Crippen LogP contribution is 2.35. The number of nitrogens with zero attached hydrogens (tertiary/aromatic N) is 2. The quantitative estimate of drug-likeness (QED) is 0.675. The van der Waals surface area contributed by atoms with Gasteiger partial charge in [0.25, 0.3) is 0 Å². The topological polar surface area (TPSA) is 67.2 Å². The molecule has 0 saturated heterocycles. The van der Waals surface area contributed by atoms with Crippen LogP contribution in [0.25, 0.3) is 11.3 Å². The molecule has 3 rings (SSSR count). The molecule has 1 aliphatic carbocycles. The lowest BCUT2D eigenvalue weighted by atomic mass is 9.82. The summed E-state index contributed by atoms with van der Waals surface area (Å²) in [6.45, 7) is 5.00. The van der Waals surface area contributed by atoms with Gasteiger partial charge < -0.3 is 10.4 Å². The molecule has 1 heterocycles. The molecule has 0 atom stereocenters. The molecule has 1 aliphatic rings. The minimum absolute atomic E-state index is 0.470. The minimum Gasteiger partial charge on any atom is -0.481 e. The van der Waals surface area contributed by atoms with E-state index in [2.05, 4.69) is 34.3 Å². The second-order valence-electron chi connectivity index (χ2n) is 7.66. The van der Waals surface area contributed by atoms with Gasteiger partial charge in [-0.1, -0.05) is 57.0 Å². The van der Waals surface area contributed by atoms with Gasteiger partial charge in [0, 0.05) is 24.2 Å². The normalized spacial score (nSPS) is 15.3. The van der Waals surface area contributed by atoms with Crippen molar-refractivity contribution in [2.75, 3.05) is 6.54 Å². The lowest BCUT2D eigenvalue weighted by Gasteiger charge is -2.27. The van der Waals surface area contributed by atoms with Crippen molar-refractivity contribution in [1.29, 1.82) is 0 Å². The lowest BCUT2D eigenvalue weighted by molar-refractivity contribution is -0.149. The fourth-order valence-corrected chi connectivity index (χ4v) is 4.18. The van der Waals surface area contributed by atoms with Crippen LogP contribution in [0.1, 0.15) is 64.0 Å². The van der Waals surface area contributed by atoms with Gasteiger partial charge >= 0.3 is 5.97 Å². The van der Waals surface area contributed by atoms with Crippen molar-refractivity contribution in [2.24, 2.45) is 5.41 Å². The van der Waals surface area contributed by atoms with Gasteiger partial charge in [0.2, 0.25) is 0 Å². The molecule has 0 unspecified atom stereocenters. The Balaban J connectivity index is 1.82. The van der Waals surface area contributed by atoms with E-state index in [1.807, 2.05) is 26.1 Å². The van der Waals surface area contributed by atoms with E-state index in [9.17, 15) is 9.90 Å². The van der Waals surface area contributed by atoms with Crippen molar-refractivity contribution in [3.8, 4) is 11.3 Å². The first-order valence-corrected chi connectivity index (χ1v) is 10.2. The summed E-state index contributed by atoms with van der Waals surface area (Å²) in [4.78, 5) is 11.7. The van der Waals surface area contributed by atoms with Crippen LogP contribution in [0.4, 0.5) is 0 Å². The molecule has 1 aromatic carbocycles. The van der Waals surface area contributed by atoms with Gasteiger partial charge in [-0.15, -0.1) is 0 Å². The molecule has 5 heteroatoms. The van der Waals surface area contributed by atoms with Crippen molar-refractivity contribution in [2.45, 2.75) is 65.0 Å². The molecule has 1 saturated carbocycles. The number of hydrogen-bond acceptors (Lipinski definition) is 3. The maximum absolute atomic E-state index is 11.7.